The fourth-order valence-corrected chi connectivity index (χ4v) is 3.43. The minimum absolute atomic E-state index is 0.146. The fourth-order valence-electron chi connectivity index (χ4n) is 3.43. The summed E-state index contributed by atoms with van der Waals surface area (Å²) in [5.41, 5.74) is 8.63. The Hall–Kier alpha value is -4.04. The van der Waals surface area contributed by atoms with Gasteiger partial charge in [-0.3, -0.25) is 18.8 Å². The zero-order chi connectivity index (χ0) is 23.3. The van der Waals surface area contributed by atoms with Crippen molar-refractivity contribution in [2.75, 3.05) is 6.61 Å². The Bertz CT molecular complexity index is 1270. The van der Waals surface area contributed by atoms with Gasteiger partial charge in [-0.1, -0.05) is 18.7 Å². The summed E-state index contributed by atoms with van der Waals surface area (Å²) in [6.45, 7) is 5.00. The van der Waals surface area contributed by atoms with Crippen LogP contribution in [0.4, 0.5) is 4.39 Å². The van der Waals surface area contributed by atoms with Crippen molar-refractivity contribution in [2.24, 2.45) is 5.73 Å². The Kier molecular flexibility index (Phi) is 6.97. The largest absolute Gasteiger partial charge is 0.405 e. The van der Waals surface area contributed by atoms with Crippen LogP contribution in [0.2, 0.25) is 0 Å². The average molecular weight is 434 g/mol. The molecule has 7 nitrogen and oxygen atoms in total. The quantitative estimate of drug-likeness (QED) is 0.556. The van der Waals surface area contributed by atoms with Crippen LogP contribution in [0, 0.1) is 5.82 Å². The maximum atomic E-state index is 13.5. The number of carbonyl (C=O) groups excluding carboxylic acids is 1. The number of benzene rings is 1. The number of hydrogen-bond acceptors (Lipinski definition) is 5. The van der Waals surface area contributed by atoms with Crippen LogP contribution in [0.5, 0.6) is 0 Å². The molecule has 0 amide bonds. The molecule has 0 saturated carbocycles. The molecule has 3 N–H and O–H groups in total. The predicted octanol–water partition coefficient (Wildman–Crippen LogP) is 3.21. The van der Waals surface area contributed by atoms with Gasteiger partial charge in [0.1, 0.15) is 11.5 Å². The summed E-state index contributed by atoms with van der Waals surface area (Å²) in [6, 6.07) is 8.81. The molecule has 0 unspecified atom stereocenters. The second kappa shape index (κ2) is 9.84. The Morgan fingerprint density at radius 3 is 2.53 bits per heavy atom. The number of aliphatic hydroxyl groups excluding tert-OH is 1. The second-order valence-electron chi connectivity index (χ2n) is 6.89. The smallest absolute Gasteiger partial charge is 0.257 e. The first kappa shape index (κ1) is 22.6. The van der Waals surface area contributed by atoms with Crippen LogP contribution in [0.15, 0.2) is 78.4 Å². The summed E-state index contributed by atoms with van der Waals surface area (Å²) < 4.78 is 16.1. The van der Waals surface area contributed by atoms with Crippen molar-refractivity contribution >= 4 is 11.5 Å². The molecule has 0 spiro atoms. The molecule has 8 heteroatoms. The third-order valence-electron chi connectivity index (χ3n) is 4.78. The molecule has 2 heterocycles. The zero-order valence-corrected chi connectivity index (χ0v) is 17.5. The number of pyridine rings is 1. The van der Waals surface area contributed by atoms with Crippen LogP contribution in [0.25, 0.3) is 28.1 Å². The van der Waals surface area contributed by atoms with Crippen molar-refractivity contribution in [3.63, 3.8) is 0 Å². The van der Waals surface area contributed by atoms with E-state index in [0.717, 1.165) is 4.57 Å². The monoisotopic (exact) mass is 434 g/mol. The molecule has 0 aliphatic heterocycles. The van der Waals surface area contributed by atoms with Crippen molar-refractivity contribution < 1.29 is 14.3 Å². The first-order chi connectivity index (χ1) is 15.4. The number of aromatic nitrogens is 3. The Morgan fingerprint density at radius 2 is 1.97 bits per heavy atom. The number of hydrogen-bond donors (Lipinski definition) is 2. The topological polar surface area (TPSA) is 103 Å². The first-order valence-corrected chi connectivity index (χ1v) is 9.84. The van der Waals surface area contributed by atoms with Crippen LogP contribution in [0.3, 0.4) is 0 Å². The molecule has 0 atom stereocenters. The molecule has 0 aliphatic rings. The van der Waals surface area contributed by atoms with Crippen molar-refractivity contribution in [1.29, 1.82) is 0 Å². The molecular formula is C24H23FN4O3. The van der Waals surface area contributed by atoms with Gasteiger partial charge in [-0.05, 0) is 48.2 Å². The molecule has 164 valence electrons. The summed E-state index contributed by atoms with van der Waals surface area (Å²) in [7, 11) is 0. The number of aliphatic hydroxyl groups is 1. The van der Waals surface area contributed by atoms with Gasteiger partial charge in [-0.15, -0.1) is 0 Å². The number of halogens is 1. The number of nitrogens with zero attached hydrogens (tertiary/aromatic N) is 3. The maximum absolute atomic E-state index is 13.5. The molecule has 1 aromatic carbocycles. The van der Waals surface area contributed by atoms with E-state index in [9.17, 15) is 19.1 Å². The highest BCUT2D eigenvalue weighted by Gasteiger charge is 2.23. The van der Waals surface area contributed by atoms with Gasteiger partial charge in [0.25, 0.3) is 5.56 Å². The van der Waals surface area contributed by atoms with Gasteiger partial charge in [-0.2, -0.15) is 5.10 Å². The molecule has 3 aromatic rings. The van der Waals surface area contributed by atoms with E-state index in [0.29, 0.717) is 33.7 Å². The highest BCUT2D eigenvalue weighted by Crippen LogP contribution is 2.37. The fraction of sp³-hybridized carbons (Fsp3) is 0.125. The molecule has 0 saturated heterocycles. The number of rotatable bonds is 7. The van der Waals surface area contributed by atoms with E-state index in [1.165, 1.54) is 37.5 Å². The second-order valence-corrected chi connectivity index (χ2v) is 6.89. The predicted molar refractivity (Wildman–Crippen MR) is 122 cm³/mol. The SMILES string of the molecule is C=C/C=C(\C=C/N)c1c(-c2ccc(F)cc2)nn(CCO)c1-c1ccn(C(C)=O)c(=O)c1. The van der Waals surface area contributed by atoms with Gasteiger partial charge in [0, 0.05) is 35.9 Å². The Balaban J connectivity index is 2.41. The van der Waals surface area contributed by atoms with Gasteiger partial charge in [0.05, 0.1) is 18.8 Å². The highest BCUT2D eigenvalue weighted by atomic mass is 19.1. The van der Waals surface area contributed by atoms with Crippen LogP contribution in [0.1, 0.15) is 17.3 Å². The van der Waals surface area contributed by atoms with E-state index in [4.69, 9.17) is 5.73 Å². The summed E-state index contributed by atoms with van der Waals surface area (Å²) >= 11 is 0. The molecule has 0 fully saturated rings. The lowest BCUT2D eigenvalue weighted by molar-refractivity contribution is 0.0932. The van der Waals surface area contributed by atoms with E-state index in [-0.39, 0.29) is 19.0 Å². The summed E-state index contributed by atoms with van der Waals surface area (Å²) in [5, 5.41) is 14.3. The van der Waals surface area contributed by atoms with Gasteiger partial charge in [-0.25, -0.2) is 4.39 Å². The van der Waals surface area contributed by atoms with Crippen molar-refractivity contribution in [2.45, 2.75) is 13.5 Å². The van der Waals surface area contributed by atoms with Gasteiger partial charge < -0.3 is 10.8 Å². The van der Waals surface area contributed by atoms with Crippen LogP contribution in [-0.2, 0) is 6.54 Å². The van der Waals surface area contributed by atoms with E-state index in [1.807, 2.05) is 0 Å². The lowest BCUT2D eigenvalue weighted by Gasteiger charge is -2.11. The third-order valence-corrected chi connectivity index (χ3v) is 4.78. The lowest BCUT2D eigenvalue weighted by Crippen LogP contribution is -2.23. The maximum Gasteiger partial charge on any atom is 0.257 e. The molecule has 0 radical (unpaired) electrons. The van der Waals surface area contributed by atoms with E-state index < -0.39 is 11.5 Å². The van der Waals surface area contributed by atoms with Crippen LogP contribution in [-0.4, -0.2) is 32.0 Å². The van der Waals surface area contributed by atoms with Gasteiger partial charge >= 0.3 is 0 Å². The molecule has 3 rings (SSSR count). The third kappa shape index (κ3) is 4.50. The Morgan fingerprint density at radius 1 is 1.25 bits per heavy atom. The van der Waals surface area contributed by atoms with Crippen LogP contribution >= 0.6 is 0 Å². The average Bonchev–Trinajstić information content (AvgIpc) is 3.13. The van der Waals surface area contributed by atoms with Gasteiger partial charge in [0.2, 0.25) is 5.91 Å². The molecule has 0 bridgehead atoms. The first-order valence-electron chi connectivity index (χ1n) is 9.84. The summed E-state index contributed by atoms with van der Waals surface area (Å²) in [6.07, 6.45) is 7.74. The number of allylic oxidation sites excluding steroid dienone is 4. The number of carbonyl (C=O) groups is 1. The summed E-state index contributed by atoms with van der Waals surface area (Å²) in [4.78, 5) is 24.2. The molecule has 32 heavy (non-hydrogen) atoms. The molecular weight excluding hydrogens is 411 g/mol. The lowest BCUT2D eigenvalue weighted by atomic mass is 9.95. The highest BCUT2D eigenvalue weighted by molar-refractivity contribution is 5.92. The molecule has 2 aromatic heterocycles. The van der Waals surface area contributed by atoms with E-state index >= 15 is 0 Å². The van der Waals surface area contributed by atoms with E-state index in [1.54, 1.807) is 41.1 Å². The zero-order valence-electron chi connectivity index (χ0n) is 17.5. The normalized spacial score (nSPS) is 11.8. The number of nitrogens with two attached hydrogens (primary N) is 1. The minimum Gasteiger partial charge on any atom is -0.405 e. The molecule has 0 aliphatic carbocycles. The van der Waals surface area contributed by atoms with Crippen molar-refractivity contribution in [1.82, 2.24) is 14.3 Å². The van der Waals surface area contributed by atoms with Crippen molar-refractivity contribution in [3.05, 3.63) is 95.3 Å². The van der Waals surface area contributed by atoms with Crippen molar-refractivity contribution in [3.8, 4) is 22.5 Å². The summed E-state index contributed by atoms with van der Waals surface area (Å²) in [5.74, 6) is -0.794. The minimum atomic E-state index is -0.496. The van der Waals surface area contributed by atoms with E-state index in [2.05, 4.69) is 11.7 Å². The van der Waals surface area contributed by atoms with Gasteiger partial charge in [0.15, 0.2) is 0 Å². The van der Waals surface area contributed by atoms with Crippen LogP contribution < -0.4 is 11.3 Å². The Labute approximate surface area is 184 Å². The standard InChI is InChI=1S/C24H23FN4O3/c1-3-4-17(9-11-26)22-23(18-5-7-20(25)8-6-18)27-29(13-14-30)24(22)19-10-12-28(16(2)31)21(32)15-19/h3-12,15,30H,1,13-14,26H2,2H3/b11-9-,17-4+.